The van der Waals surface area contributed by atoms with Gasteiger partial charge < -0.3 is 4.74 Å². The van der Waals surface area contributed by atoms with E-state index in [4.69, 9.17) is 0 Å². The van der Waals surface area contributed by atoms with Gasteiger partial charge in [0.2, 0.25) is 5.91 Å². The van der Waals surface area contributed by atoms with Crippen LogP contribution in [0, 0.1) is 0 Å². The second-order valence-electron chi connectivity index (χ2n) is 8.02. The smallest absolute Gasteiger partial charge is 0.406 e. The van der Waals surface area contributed by atoms with Crippen LogP contribution in [-0.2, 0) is 4.79 Å². The highest BCUT2D eigenvalue weighted by Crippen LogP contribution is 2.35. The third kappa shape index (κ3) is 7.34. The zero-order chi connectivity index (χ0) is 24.7. The summed E-state index contributed by atoms with van der Waals surface area (Å²) in [5.74, 6) is -0.272. The van der Waals surface area contributed by atoms with Crippen molar-refractivity contribution in [3.05, 3.63) is 102 Å². The number of rotatable bonds is 9. The Bertz CT molecular complexity index is 1080. The second kappa shape index (κ2) is 11.4. The van der Waals surface area contributed by atoms with E-state index in [9.17, 15) is 18.0 Å². The first-order valence-corrected chi connectivity index (χ1v) is 12.1. The quantitative estimate of drug-likeness (QED) is 0.323. The number of ether oxygens (including phenoxy) is 1. The van der Waals surface area contributed by atoms with E-state index in [0.29, 0.717) is 10.8 Å². The topological polar surface area (TPSA) is 53.9 Å². The summed E-state index contributed by atoms with van der Waals surface area (Å²) < 4.78 is 40.4. The number of alkyl halides is 3. The first kappa shape index (κ1) is 24.8. The number of hydrogen-bond acceptors (Lipinski definition) is 5. The van der Waals surface area contributed by atoms with Crippen LogP contribution in [0.3, 0.4) is 0 Å². The Morgan fingerprint density at radius 1 is 1.00 bits per heavy atom. The number of hydrogen-bond donors (Lipinski definition) is 1. The Morgan fingerprint density at radius 2 is 1.57 bits per heavy atom. The van der Waals surface area contributed by atoms with Crippen LogP contribution in [0.2, 0.25) is 0 Å². The molecule has 9 heteroatoms. The number of likely N-dealkylation sites (tertiary alicyclic amines) is 1. The highest BCUT2D eigenvalue weighted by Gasteiger charge is 2.34. The molecule has 1 fully saturated rings. The lowest BCUT2D eigenvalue weighted by atomic mass is 9.94. The lowest BCUT2D eigenvalue weighted by Gasteiger charge is -2.44. The number of thioether (sulfide) groups is 1. The van der Waals surface area contributed by atoms with E-state index in [0.717, 1.165) is 13.1 Å². The first-order chi connectivity index (χ1) is 16.9. The largest absolute Gasteiger partial charge is 0.573 e. The molecule has 0 bridgehead atoms. The van der Waals surface area contributed by atoms with Gasteiger partial charge in [-0.2, -0.15) is 5.10 Å². The van der Waals surface area contributed by atoms with Gasteiger partial charge in [0.1, 0.15) is 5.75 Å². The molecule has 1 aliphatic rings. The van der Waals surface area contributed by atoms with Crippen molar-refractivity contribution in [2.24, 2.45) is 5.10 Å². The van der Waals surface area contributed by atoms with Gasteiger partial charge in [-0.05, 0) is 41.0 Å². The Morgan fingerprint density at radius 3 is 2.11 bits per heavy atom. The average Bonchev–Trinajstić information content (AvgIpc) is 2.82. The van der Waals surface area contributed by atoms with E-state index < -0.39 is 6.36 Å². The van der Waals surface area contributed by atoms with Crippen LogP contribution in [0.4, 0.5) is 13.2 Å². The number of nitrogens with zero attached hydrogens (tertiary/aromatic N) is 2. The van der Waals surface area contributed by atoms with Crippen LogP contribution in [0.5, 0.6) is 5.75 Å². The molecule has 1 N–H and O–H groups in total. The fourth-order valence-electron chi connectivity index (χ4n) is 3.83. The van der Waals surface area contributed by atoms with Gasteiger partial charge in [-0.3, -0.25) is 9.69 Å². The summed E-state index contributed by atoms with van der Waals surface area (Å²) in [7, 11) is 0. The third-order valence-electron chi connectivity index (χ3n) is 5.44. The molecular weight excluding hydrogens is 475 g/mol. The Hall–Kier alpha value is -3.30. The van der Waals surface area contributed by atoms with Crippen molar-refractivity contribution in [3.63, 3.8) is 0 Å². The zero-order valence-corrected chi connectivity index (χ0v) is 19.5. The lowest BCUT2D eigenvalue weighted by molar-refractivity contribution is -0.274. The summed E-state index contributed by atoms with van der Waals surface area (Å²) in [4.78, 5) is 14.5. The highest BCUT2D eigenvalue weighted by molar-refractivity contribution is 8.00. The minimum atomic E-state index is -4.73. The molecule has 0 aromatic heterocycles. The van der Waals surface area contributed by atoms with Crippen LogP contribution in [0.15, 0.2) is 90.0 Å². The van der Waals surface area contributed by atoms with Crippen LogP contribution in [0.25, 0.3) is 0 Å². The van der Waals surface area contributed by atoms with Crippen molar-refractivity contribution in [2.45, 2.75) is 17.7 Å². The van der Waals surface area contributed by atoms with Crippen molar-refractivity contribution >= 4 is 23.9 Å². The predicted molar refractivity (Wildman–Crippen MR) is 131 cm³/mol. The number of amides is 1. The normalized spacial score (nSPS) is 14.7. The Balaban J connectivity index is 1.22. The van der Waals surface area contributed by atoms with Crippen molar-refractivity contribution in [1.29, 1.82) is 0 Å². The van der Waals surface area contributed by atoms with Gasteiger partial charge in [-0.25, -0.2) is 5.43 Å². The SMILES string of the molecule is O=C(CSC1CN(C(c2ccccc2)c2ccccc2)C1)N/N=C\c1ccc(OC(F)(F)F)cc1. The number of carbonyl (C=O) groups excluding carboxylic acids is 1. The minimum Gasteiger partial charge on any atom is -0.406 e. The minimum absolute atomic E-state index is 0.181. The number of carbonyl (C=O) groups is 1. The van der Waals surface area contributed by atoms with E-state index in [1.807, 2.05) is 36.4 Å². The number of hydrazone groups is 1. The fraction of sp³-hybridized carbons (Fsp3) is 0.231. The summed E-state index contributed by atoms with van der Waals surface area (Å²) in [5.41, 5.74) is 5.48. The van der Waals surface area contributed by atoms with Crippen molar-refractivity contribution in [3.8, 4) is 5.75 Å². The van der Waals surface area contributed by atoms with Gasteiger partial charge >= 0.3 is 6.36 Å². The molecule has 4 rings (SSSR count). The molecule has 1 aliphatic heterocycles. The molecule has 0 radical (unpaired) electrons. The maximum atomic E-state index is 12.2. The Labute approximate surface area is 206 Å². The van der Waals surface area contributed by atoms with Gasteiger partial charge in [0.15, 0.2) is 0 Å². The van der Waals surface area contributed by atoms with E-state index in [1.165, 1.54) is 41.6 Å². The molecule has 3 aromatic rings. The molecule has 182 valence electrons. The van der Waals surface area contributed by atoms with E-state index in [2.05, 4.69) is 44.4 Å². The molecule has 0 aliphatic carbocycles. The molecule has 0 saturated carbocycles. The first-order valence-electron chi connectivity index (χ1n) is 11.0. The van der Waals surface area contributed by atoms with Gasteiger partial charge in [-0.15, -0.1) is 24.9 Å². The van der Waals surface area contributed by atoms with Gasteiger partial charge in [0, 0.05) is 18.3 Å². The molecule has 1 heterocycles. The molecule has 0 atom stereocenters. The molecule has 35 heavy (non-hydrogen) atoms. The molecule has 5 nitrogen and oxygen atoms in total. The Kier molecular flexibility index (Phi) is 8.09. The summed E-state index contributed by atoms with van der Waals surface area (Å²) >= 11 is 1.59. The average molecular weight is 500 g/mol. The number of benzene rings is 3. The van der Waals surface area contributed by atoms with Crippen LogP contribution < -0.4 is 10.2 Å². The maximum Gasteiger partial charge on any atom is 0.573 e. The summed E-state index contributed by atoms with van der Waals surface area (Å²) in [6.07, 6.45) is -3.36. The van der Waals surface area contributed by atoms with Crippen LogP contribution in [0.1, 0.15) is 22.7 Å². The summed E-state index contributed by atoms with van der Waals surface area (Å²) in [5, 5.41) is 4.23. The molecule has 1 saturated heterocycles. The van der Waals surface area contributed by atoms with E-state index in [-0.39, 0.29) is 23.5 Å². The maximum absolute atomic E-state index is 12.2. The summed E-state index contributed by atoms with van der Waals surface area (Å²) in [6.45, 7) is 1.75. The van der Waals surface area contributed by atoms with Gasteiger partial charge in [0.05, 0.1) is 18.0 Å². The van der Waals surface area contributed by atoms with Crippen molar-refractivity contribution in [1.82, 2.24) is 10.3 Å². The molecule has 0 unspecified atom stereocenters. The summed E-state index contributed by atoms with van der Waals surface area (Å²) in [6, 6.07) is 26.2. The molecule has 3 aromatic carbocycles. The monoisotopic (exact) mass is 499 g/mol. The predicted octanol–water partition coefficient (Wildman–Crippen LogP) is 5.24. The molecular formula is C26H24F3N3O2S. The number of nitrogens with one attached hydrogen (secondary N) is 1. The van der Waals surface area contributed by atoms with Gasteiger partial charge in [0.25, 0.3) is 0 Å². The van der Waals surface area contributed by atoms with E-state index >= 15 is 0 Å². The fourth-order valence-corrected chi connectivity index (χ4v) is 4.88. The standard InChI is InChI=1S/C26H24F3N3O2S/c27-26(28,29)34-22-13-11-19(12-14-22)15-30-31-24(33)18-35-23-16-32(17-23)25(20-7-3-1-4-8-20)21-9-5-2-6-10-21/h1-15,23,25H,16-18H2,(H,31,33)/b30-15-. The number of halogens is 3. The highest BCUT2D eigenvalue weighted by atomic mass is 32.2. The van der Waals surface area contributed by atoms with Crippen molar-refractivity contribution in [2.75, 3.05) is 18.8 Å². The van der Waals surface area contributed by atoms with Gasteiger partial charge in [-0.1, -0.05) is 60.7 Å². The van der Waals surface area contributed by atoms with E-state index in [1.54, 1.807) is 11.8 Å². The molecule has 0 spiro atoms. The van der Waals surface area contributed by atoms with Crippen LogP contribution >= 0.6 is 11.8 Å². The lowest BCUT2D eigenvalue weighted by Crippen LogP contribution is -2.51. The molecule has 1 amide bonds. The second-order valence-corrected chi connectivity index (χ2v) is 9.31. The van der Waals surface area contributed by atoms with Crippen LogP contribution in [-0.4, -0.2) is 47.5 Å². The third-order valence-corrected chi connectivity index (χ3v) is 6.64. The van der Waals surface area contributed by atoms with Crippen molar-refractivity contribution < 1.29 is 22.7 Å². The zero-order valence-electron chi connectivity index (χ0n) is 18.7.